The first kappa shape index (κ1) is 20.5. The number of benzene rings is 3. The molecule has 164 valence electrons. The van der Waals surface area contributed by atoms with E-state index in [1.165, 1.54) is 0 Å². The van der Waals surface area contributed by atoms with Gasteiger partial charge in [-0.3, -0.25) is 4.79 Å². The van der Waals surface area contributed by atoms with E-state index in [1.807, 2.05) is 73.7 Å². The highest BCUT2D eigenvalue weighted by molar-refractivity contribution is 6.07. The van der Waals surface area contributed by atoms with Gasteiger partial charge in [0, 0.05) is 10.9 Å². The fraction of sp³-hybridized carbons (Fsp3) is 0.115. The zero-order valence-electron chi connectivity index (χ0n) is 17.9. The highest BCUT2D eigenvalue weighted by Gasteiger charge is 2.16. The normalized spacial score (nSPS) is 12.3. The second-order valence-electron chi connectivity index (χ2n) is 7.31. The fourth-order valence-corrected chi connectivity index (χ4v) is 3.68. The molecule has 0 radical (unpaired) electrons. The average Bonchev–Trinajstić information content (AvgIpc) is 3.32. The van der Waals surface area contributed by atoms with Crippen molar-refractivity contribution in [2.24, 2.45) is 5.10 Å². The molecule has 0 unspecified atom stereocenters. The van der Waals surface area contributed by atoms with Gasteiger partial charge < -0.3 is 14.2 Å². The Hall–Kier alpha value is -4.39. The van der Waals surface area contributed by atoms with Crippen LogP contribution in [0.5, 0.6) is 17.2 Å². The molecular formula is C26H21N3O4. The van der Waals surface area contributed by atoms with Crippen LogP contribution in [0, 0.1) is 0 Å². The summed E-state index contributed by atoms with van der Waals surface area (Å²) in [6.07, 6.45) is 1.56. The number of nitrogens with one attached hydrogen (secondary N) is 1. The molecule has 0 saturated heterocycles. The molecule has 0 saturated carbocycles. The molecule has 7 heteroatoms. The average molecular weight is 439 g/mol. The van der Waals surface area contributed by atoms with Gasteiger partial charge >= 0.3 is 0 Å². The second-order valence-corrected chi connectivity index (χ2v) is 7.31. The molecule has 1 N–H and O–H groups in total. The monoisotopic (exact) mass is 439 g/mol. The van der Waals surface area contributed by atoms with Crippen LogP contribution in [0.1, 0.15) is 22.8 Å². The minimum atomic E-state index is -0.333. The van der Waals surface area contributed by atoms with Crippen LogP contribution in [0.3, 0.4) is 0 Å². The first-order valence-corrected chi connectivity index (χ1v) is 10.6. The van der Waals surface area contributed by atoms with Gasteiger partial charge in [0.25, 0.3) is 5.91 Å². The molecule has 5 rings (SSSR count). The highest BCUT2D eigenvalue weighted by Crippen LogP contribution is 2.33. The molecular weight excluding hydrogens is 418 g/mol. The second kappa shape index (κ2) is 9.00. The largest absolute Gasteiger partial charge is 0.493 e. The summed E-state index contributed by atoms with van der Waals surface area (Å²) in [5.41, 5.74) is 6.08. The summed E-state index contributed by atoms with van der Waals surface area (Å²) in [6.45, 7) is 2.67. The Morgan fingerprint density at radius 1 is 1.06 bits per heavy atom. The van der Waals surface area contributed by atoms with Crippen molar-refractivity contribution >= 4 is 23.0 Å². The van der Waals surface area contributed by atoms with E-state index in [0.29, 0.717) is 34.9 Å². The van der Waals surface area contributed by atoms with Crippen molar-refractivity contribution in [3.8, 4) is 28.5 Å². The SMILES string of the molecule is CCOc1ccccc1-c1cc(C(=O)N/N=C\c2ccc3c(c2)OCO3)c2ccccc2n1. The van der Waals surface area contributed by atoms with Gasteiger partial charge in [0.1, 0.15) is 5.75 Å². The van der Waals surface area contributed by atoms with E-state index in [1.54, 1.807) is 12.3 Å². The molecule has 0 fully saturated rings. The molecule has 33 heavy (non-hydrogen) atoms. The third-order valence-electron chi connectivity index (χ3n) is 5.20. The summed E-state index contributed by atoms with van der Waals surface area (Å²) in [7, 11) is 0. The van der Waals surface area contributed by atoms with Gasteiger partial charge in [-0.15, -0.1) is 0 Å². The zero-order valence-corrected chi connectivity index (χ0v) is 17.9. The van der Waals surface area contributed by atoms with Crippen molar-refractivity contribution in [1.29, 1.82) is 0 Å². The maximum absolute atomic E-state index is 13.1. The summed E-state index contributed by atoms with van der Waals surface area (Å²) >= 11 is 0. The van der Waals surface area contributed by atoms with Crippen molar-refractivity contribution in [3.05, 3.63) is 83.9 Å². The molecule has 3 aromatic carbocycles. The topological polar surface area (TPSA) is 82.0 Å². The molecule has 0 aliphatic carbocycles. The van der Waals surface area contributed by atoms with E-state index in [9.17, 15) is 4.79 Å². The van der Waals surface area contributed by atoms with Crippen LogP contribution in [0.4, 0.5) is 0 Å². The van der Waals surface area contributed by atoms with Crippen LogP contribution >= 0.6 is 0 Å². The van der Waals surface area contributed by atoms with Gasteiger partial charge in [-0.1, -0.05) is 30.3 Å². The first-order valence-electron chi connectivity index (χ1n) is 10.6. The van der Waals surface area contributed by atoms with Crippen LogP contribution in [-0.2, 0) is 0 Å². The highest BCUT2D eigenvalue weighted by atomic mass is 16.7. The van der Waals surface area contributed by atoms with Gasteiger partial charge in [0.15, 0.2) is 11.5 Å². The Morgan fingerprint density at radius 3 is 2.79 bits per heavy atom. The molecule has 1 amide bonds. The van der Waals surface area contributed by atoms with Crippen molar-refractivity contribution in [2.75, 3.05) is 13.4 Å². The van der Waals surface area contributed by atoms with Crippen LogP contribution in [0.15, 0.2) is 77.9 Å². The molecule has 0 spiro atoms. The van der Waals surface area contributed by atoms with Gasteiger partial charge in [0.05, 0.1) is 29.6 Å². The number of fused-ring (bicyclic) bond motifs is 2. The molecule has 1 aromatic heterocycles. The number of ether oxygens (including phenoxy) is 3. The lowest BCUT2D eigenvalue weighted by Gasteiger charge is -2.12. The number of rotatable bonds is 6. The van der Waals surface area contributed by atoms with Gasteiger partial charge in [-0.2, -0.15) is 5.10 Å². The number of hydrogen-bond acceptors (Lipinski definition) is 6. The number of aromatic nitrogens is 1. The lowest BCUT2D eigenvalue weighted by molar-refractivity contribution is 0.0956. The Bertz CT molecular complexity index is 1370. The summed E-state index contributed by atoms with van der Waals surface area (Å²) < 4.78 is 16.5. The summed E-state index contributed by atoms with van der Waals surface area (Å²) in [6, 6.07) is 22.4. The number of hydrazone groups is 1. The summed E-state index contributed by atoms with van der Waals surface area (Å²) in [5, 5.41) is 4.88. The molecule has 0 atom stereocenters. The fourth-order valence-electron chi connectivity index (χ4n) is 3.68. The number of amides is 1. The number of nitrogens with zero attached hydrogens (tertiary/aromatic N) is 2. The van der Waals surface area contributed by atoms with Crippen molar-refractivity contribution in [2.45, 2.75) is 6.92 Å². The summed E-state index contributed by atoms with van der Waals surface area (Å²) in [4.78, 5) is 17.9. The van der Waals surface area contributed by atoms with Gasteiger partial charge in [0.2, 0.25) is 6.79 Å². The van der Waals surface area contributed by atoms with Crippen molar-refractivity contribution < 1.29 is 19.0 Å². The Kier molecular flexibility index (Phi) is 5.59. The van der Waals surface area contributed by atoms with Crippen LogP contribution < -0.4 is 19.6 Å². The third-order valence-corrected chi connectivity index (χ3v) is 5.20. The minimum Gasteiger partial charge on any atom is -0.493 e. The number of carbonyl (C=O) groups excluding carboxylic acids is 1. The first-order chi connectivity index (χ1) is 16.2. The smallest absolute Gasteiger partial charge is 0.272 e. The van der Waals surface area contributed by atoms with E-state index in [0.717, 1.165) is 22.3 Å². The van der Waals surface area contributed by atoms with E-state index < -0.39 is 0 Å². The maximum atomic E-state index is 13.1. The van der Waals surface area contributed by atoms with Crippen LogP contribution in [0.2, 0.25) is 0 Å². The molecule has 2 heterocycles. The quantitative estimate of drug-likeness (QED) is 0.345. The molecule has 0 bridgehead atoms. The Morgan fingerprint density at radius 2 is 1.88 bits per heavy atom. The minimum absolute atomic E-state index is 0.205. The molecule has 1 aliphatic heterocycles. The summed E-state index contributed by atoms with van der Waals surface area (Å²) in [5.74, 6) is 1.73. The van der Waals surface area contributed by atoms with Gasteiger partial charge in [-0.05, 0) is 55.0 Å². The van der Waals surface area contributed by atoms with Crippen LogP contribution in [-0.4, -0.2) is 30.5 Å². The molecule has 4 aromatic rings. The van der Waals surface area contributed by atoms with Crippen molar-refractivity contribution in [1.82, 2.24) is 10.4 Å². The molecule has 7 nitrogen and oxygen atoms in total. The Balaban J connectivity index is 1.46. The number of hydrogen-bond donors (Lipinski definition) is 1. The van der Waals surface area contributed by atoms with Gasteiger partial charge in [-0.25, -0.2) is 10.4 Å². The number of pyridine rings is 1. The van der Waals surface area contributed by atoms with Crippen molar-refractivity contribution in [3.63, 3.8) is 0 Å². The van der Waals surface area contributed by atoms with Crippen LogP contribution in [0.25, 0.3) is 22.2 Å². The Labute approximate surface area is 190 Å². The lowest BCUT2D eigenvalue weighted by atomic mass is 10.0. The maximum Gasteiger partial charge on any atom is 0.272 e. The standard InChI is InChI=1S/C26H21N3O4/c1-2-31-23-10-6-4-8-19(23)22-14-20(18-7-3-5-9-21(18)28-22)26(30)29-27-15-17-11-12-24-25(13-17)33-16-32-24/h3-15H,2,16H2,1H3,(H,29,30)/b27-15-. The number of para-hydroxylation sites is 2. The zero-order chi connectivity index (χ0) is 22.6. The molecule has 1 aliphatic rings. The third kappa shape index (κ3) is 4.21. The van der Waals surface area contributed by atoms with E-state index in [-0.39, 0.29) is 12.7 Å². The number of carbonyl (C=O) groups is 1. The van der Waals surface area contributed by atoms with E-state index in [2.05, 4.69) is 10.5 Å². The van der Waals surface area contributed by atoms with E-state index >= 15 is 0 Å². The lowest BCUT2D eigenvalue weighted by Crippen LogP contribution is -2.18. The van der Waals surface area contributed by atoms with E-state index in [4.69, 9.17) is 19.2 Å². The predicted octanol–water partition coefficient (Wildman–Crippen LogP) is 4.79. The predicted molar refractivity (Wildman–Crippen MR) is 126 cm³/mol.